The predicted octanol–water partition coefficient (Wildman–Crippen LogP) is 1.24. The molecule has 1 unspecified atom stereocenters. The molecule has 0 amide bonds. The minimum atomic E-state index is 0.223. The molecule has 1 fully saturated rings. The zero-order valence-corrected chi connectivity index (χ0v) is 10.7. The third kappa shape index (κ3) is 4.64. The van der Waals surface area contributed by atoms with Gasteiger partial charge in [-0.1, -0.05) is 19.9 Å². The molecule has 3 nitrogen and oxygen atoms in total. The monoisotopic (exact) mass is 226 g/mol. The average Bonchev–Trinajstić information content (AvgIpc) is 3.02. The van der Waals surface area contributed by atoms with E-state index in [4.69, 9.17) is 5.11 Å². The van der Waals surface area contributed by atoms with Crippen LogP contribution in [0.5, 0.6) is 0 Å². The maximum Gasteiger partial charge on any atom is 0.0558 e. The van der Waals surface area contributed by atoms with Gasteiger partial charge in [0.1, 0.15) is 0 Å². The summed E-state index contributed by atoms with van der Waals surface area (Å²) >= 11 is 0. The standard InChI is InChI=1S/C13H26N2O/c1-4-7-15(8-9-16)13(11(2)3)10-14-12-5-6-12/h4,11-14,16H,1,5-10H2,2-3H3. The topological polar surface area (TPSA) is 35.5 Å². The summed E-state index contributed by atoms with van der Waals surface area (Å²) in [5, 5.41) is 12.7. The second-order valence-electron chi connectivity index (χ2n) is 5.00. The maximum atomic E-state index is 9.09. The van der Waals surface area contributed by atoms with E-state index in [0.717, 1.165) is 25.7 Å². The summed E-state index contributed by atoms with van der Waals surface area (Å²) < 4.78 is 0. The van der Waals surface area contributed by atoms with E-state index in [1.165, 1.54) is 12.8 Å². The third-order valence-corrected chi connectivity index (χ3v) is 3.18. The molecule has 2 N–H and O–H groups in total. The van der Waals surface area contributed by atoms with Gasteiger partial charge in [-0.3, -0.25) is 4.90 Å². The largest absolute Gasteiger partial charge is 0.395 e. The Morgan fingerprint density at radius 2 is 2.19 bits per heavy atom. The van der Waals surface area contributed by atoms with Crippen molar-refractivity contribution in [1.29, 1.82) is 0 Å². The Bertz CT molecular complexity index is 202. The molecule has 0 radical (unpaired) electrons. The molecule has 0 saturated heterocycles. The lowest BCUT2D eigenvalue weighted by atomic mass is 10.0. The van der Waals surface area contributed by atoms with E-state index in [2.05, 4.69) is 30.6 Å². The Morgan fingerprint density at radius 1 is 1.50 bits per heavy atom. The van der Waals surface area contributed by atoms with Crippen molar-refractivity contribution in [3.63, 3.8) is 0 Å². The summed E-state index contributed by atoms with van der Waals surface area (Å²) in [7, 11) is 0. The number of hydrogen-bond acceptors (Lipinski definition) is 3. The maximum absolute atomic E-state index is 9.09. The van der Waals surface area contributed by atoms with Crippen LogP contribution in [0, 0.1) is 5.92 Å². The fourth-order valence-electron chi connectivity index (χ4n) is 2.05. The first-order valence-corrected chi connectivity index (χ1v) is 6.38. The van der Waals surface area contributed by atoms with E-state index in [1.807, 2.05) is 6.08 Å². The first kappa shape index (κ1) is 13.7. The first-order chi connectivity index (χ1) is 7.69. The van der Waals surface area contributed by atoms with E-state index in [0.29, 0.717) is 12.0 Å². The summed E-state index contributed by atoms with van der Waals surface area (Å²) in [6.07, 6.45) is 4.57. The molecule has 0 aromatic rings. The lowest BCUT2D eigenvalue weighted by Gasteiger charge is -2.33. The summed E-state index contributed by atoms with van der Waals surface area (Å²) in [6.45, 7) is 11.1. The number of nitrogens with zero attached hydrogens (tertiary/aromatic N) is 1. The van der Waals surface area contributed by atoms with E-state index in [-0.39, 0.29) is 6.61 Å². The van der Waals surface area contributed by atoms with Gasteiger partial charge in [-0.15, -0.1) is 6.58 Å². The van der Waals surface area contributed by atoms with Gasteiger partial charge in [-0.25, -0.2) is 0 Å². The van der Waals surface area contributed by atoms with Gasteiger partial charge in [0.15, 0.2) is 0 Å². The quantitative estimate of drug-likeness (QED) is 0.581. The number of rotatable bonds is 9. The van der Waals surface area contributed by atoms with Crippen LogP contribution >= 0.6 is 0 Å². The first-order valence-electron chi connectivity index (χ1n) is 6.38. The highest BCUT2D eigenvalue weighted by Gasteiger charge is 2.25. The van der Waals surface area contributed by atoms with E-state index < -0.39 is 0 Å². The number of aliphatic hydroxyl groups is 1. The molecule has 1 atom stereocenters. The van der Waals surface area contributed by atoms with Crippen molar-refractivity contribution in [3.8, 4) is 0 Å². The molecule has 1 aliphatic carbocycles. The Morgan fingerprint density at radius 3 is 2.62 bits per heavy atom. The number of nitrogens with one attached hydrogen (secondary N) is 1. The van der Waals surface area contributed by atoms with Gasteiger partial charge in [0.25, 0.3) is 0 Å². The Balaban J connectivity index is 2.44. The van der Waals surface area contributed by atoms with Gasteiger partial charge in [0.2, 0.25) is 0 Å². The van der Waals surface area contributed by atoms with Crippen molar-refractivity contribution in [2.24, 2.45) is 5.92 Å². The van der Waals surface area contributed by atoms with Crippen LogP contribution in [0.25, 0.3) is 0 Å². The SMILES string of the molecule is C=CCN(CCO)C(CNC1CC1)C(C)C. The van der Waals surface area contributed by atoms with Gasteiger partial charge in [0.05, 0.1) is 6.61 Å². The summed E-state index contributed by atoms with van der Waals surface area (Å²) in [4.78, 5) is 2.31. The van der Waals surface area contributed by atoms with Gasteiger partial charge in [0, 0.05) is 31.7 Å². The van der Waals surface area contributed by atoms with Crippen molar-refractivity contribution >= 4 is 0 Å². The van der Waals surface area contributed by atoms with Gasteiger partial charge < -0.3 is 10.4 Å². The molecular formula is C13H26N2O. The Hall–Kier alpha value is -0.380. The van der Waals surface area contributed by atoms with Crippen molar-refractivity contribution in [2.45, 2.75) is 38.8 Å². The van der Waals surface area contributed by atoms with Gasteiger partial charge in [-0.2, -0.15) is 0 Å². The van der Waals surface area contributed by atoms with Crippen LogP contribution < -0.4 is 5.32 Å². The van der Waals surface area contributed by atoms with Crippen LogP contribution in [0.15, 0.2) is 12.7 Å². The number of aliphatic hydroxyl groups excluding tert-OH is 1. The Labute approximate surface area is 99.5 Å². The molecule has 16 heavy (non-hydrogen) atoms. The van der Waals surface area contributed by atoms with E-state index in [1.54, 1.807) is 0 Å². The van der Waals surface area contributed by atoms with E-state index >= 15 is 0 Å². The fourth-order valence-corrected chi connectivity index (χ4v) is 2.05. The molecule has 0 heterocycles. The highest BCUT2D eigenvalue weighted by atomic mass is 16.3. The summed E-state index contributed by atoms with van der Waals surface area (Å²) in [5.74, 6) is 0.595. The highest BCUT2D eigenvalue weighted by molar-refractivity contribution is 4.87. The Kier molecular flexibility index (Phi) is 6.03. The normalized spacial score (nSPS) is 18.1. The summed E-state index contributed by atoms with van der Waals surface area (Å²) in [5.41, 5.74) is 0. The second-order valence-corrected chi connectivity index (χ2v) is 5.00. The predicted molar refractivity (Wildman–Crippen MR) is 68.5 cm³/mol. The van der Waals surface area contributed by atoms with Crippen molar-refractivity contribution in [1.82, 2.24) is 10.2 Å². The molecule has 0 aromatic heterocycles. The fraction of sp³-hybridized carbons (Fsp3) is 0.846. The molecule has 94 valence electrons. The molecule has 1 rings (SSSR count). The molecule has 3 heteroatoms. The molecule has 0 aromatic carbocycles. The molecular weight excluding hydrogens is 200 g/mol. The zero-order chi connectivity index (χ0) is 12.0. The smallest absolute Gasteiger partial charge is 0.0558 e. The van der Waals surface area contributed by atoms with Crippen LogP contribution in [0.1, 0.15) is 26.7 Å². The molecule has 0 spiro atoms. The molecule has 1 saturated carbocycles. The van der Waals surface area contributed by atoms with Crippen LogP contribution in [0.3, 0.4) is 0 Å². The average molecular weight is 226 g/mol. The zero-order valence-electron chi connectivity index (χ0n) is 10.7. The minimum absolute atomic E-state index is 0.223. The second kappa shape index (κ2) is 7.05. The van der Waals surface area contributed by atoms with Crippen LogP contribution in [-0.4, -0.2) is 48.3 Å². The lowest BCUT2D eigenvalue weighted by Crippen LogP contribution is -2.47. The van der Waals surface area contributed by atoms with E-state index in [9.17, 15) is 0 Å². The summed E-state index contributed by atoms with van der Waals surface area (Å²) in [6, 6.07) is 1.24. The van der Waals surface area contributed by atoms with Crippen molar-refractivity contribution < 1.29 is 5.11 Å². The highest BCUT2D eigenvalue weighted by Crippen LogP contribution is 2.19. The third-order valence-electron chi connectivity index (χ3n) is 3.18. The van der Waals surface area contributed by atoms with Crippen molar-refractivity contribution in [2.75, 3.05) is 26.2 Å². The van der Waals surface area contributed by atoms with Crippen molar-refractivity contribution in [3.05, 3.63) is 12.7 Å². The molecule has 1 aliphatic rings. The van der Waals surface area contributed by atoms with Crippen LogP contribution in [0.4, 0.5) is 0 Å². The molecule has 0 aliphatic heterocycles. The number of hydrogen-bond donors (Lipinski definition) is 2. The van der Waals surface area contributed by atoms with Gasteiger partial charge in [-0.05, 0) is 18.8 Å². The molecule has 0 bridgehead atoms. The van der Waals surface area contributed by atoms with Gasteiger partial charge >= 0.3 is 0 Å². The van der Waals surface area contributed by atoms with Crippen LogP contribution in [-0.2, 0) is 0 Å². The lowest BCUT2D eigenvalue weighted by molar-refractivity contribution is 0.133. The minimum Gasteiger partial charge on any atom is -0.395 e. The van der Waals surface area contributed by atoms with Crippen LogP contribution in [0.2, 0.25) is 0 Å².